The Labute approximate surface area is 204 Å². The Morgan fingerprint density at radius 3 is 2.47 bits per heavy atom. The van der Waals surface area contributed by atoms with Gasteiger partial charge in [-0.3, -0.25) is 9.59 Å². The maximum Gasteiger partial charge on any atom is 0.312 e. The topological polar surface area (TPSA) is 125 Å². The zero-order chi connectivity index (χ0) is 25.0. The van der Waals surface area contributed by atoms with Crippen molar-refractivity contribution in [3.05, 3.63) is 69.9 Å². The number of carbonyl (C=O) groups excluding carboxylic acids is 1. The fraction of sp³-hybridized carbons (Fsp3) is 0.185. The molecule has 3 heterocycles. The lowest BCUT2D eigenvalue weighted by molar-refractivity contribution is -0.135. The summed E-state index contributed by atoms with van der Waals surface area (Å²) in [5.41, 5.74) is 1.22. The number of hydrogen-bond acceptors (Lipinski definition) is 9. The Balaban J connectivity index is 1.58. The summed E-state index contributed by atoms with van der Waals surface area (Å²) in [6.07, 6.45) is -0.0101. The van der Waals surface area contributed by atoms with Crippen LogP contribution >= 0.6 is 0 Å². The summed E-state index contributed by atoms with van der Waals surface area (Å²) in [5.74, 6) is 0.177. The highest BCUT2D eigenvalue weighted by molar-refractivity contribution is 5.93. The van der Waals surface area contributed by atoms with E-state index in [2.05, 4.69) is 0 Å². The summed E-state index contributed by atoms with van der Waals surface area (Å²) >= 11 is 0. The highest BCUT2D eigenvalue weighted by Gasteiger charge is 2.34. The molecule has 36 heavy (non-hydrogen) atoms. The molecule has 0 amide bonds. The first-order chi connectivity index (χ1) is 17.4. The molecule has 0 saturated heterocycles. The van der Waals surface area contributed by atoms with Crippen molar-refractivity contribution < 1.29 is 38.4 Å². The Bertz CT molecular complexity index is 1600. The largest absolute Gasteiger partial charge is 0.507 e. The molecule has 1 unspecified atom stereocenters. The monoisotopic (exact) mass is 488 g/mol. The van der Waals surface area contributed by atoms with Crippen LogP contribution in [0.1, 0.15) is 23.5 Å². The van der Waals surface area contributed by atoms with Crippen LogP contribution in [-0.2, 0) is 4.79 Å². The van der Waals surface area contributed by atoms with Crippen LogP contribution in [0.15, 0.2) is 57.7 Å². The minimum Gasteiger partial charge on any atom is -0.507 e. The molecule has 0 bridgehead atoms. The first-order valence-corrected chi connectivity index (χ1v) is 11.2. The quantitative estimate of drug-likeness (QED) is 0.324. The van der Waals surface area contributed by atoms with Gasteiger partial charge in [-0.1, -0.05) is 6.07 Å². The molecular weight excluding hydrogens is 468 g/mol. The minimum absolute atomic E-state index is 0.0101. The number of rotatable bonds is 3. The standard InChI is InChI=1S/C27H20O9/c1-32-19-4-3-14(8-16(19)28)21-11-17(29)26-18(30)12-23-25(27(26)36-21)15(10-24(31)35-23)13-2-5-20-22(9-13)34-7-6-33-20/h2-5,8-9,11-12,15,28,30H,6-7,10H2,1H3. The lowest BCUT2D eigenvalue weighted by Gasteiger charge is -2.27. The molecule has 182 valence electrons. The molecule has 9 heteroatoms. The summed E-state index contributed by atoms with van der Waals surface area (Å²) in [6.45, 7) is 0.854. The van der Waals surface area contributed by atoms with Gasteiger partial charge in [-0.15, -0.1) is 0 Å². The molecule has 2 aliphatic rings. The second kappa shape index (κ2) is 8.23. The first-order valence-electron chi connectivity index (χ1n) is 11.2. The van der Waals surface area contributed by atoms with Crippen LogP contribution in [0, 0.1) is 0 Å². The van der Waals surface area contributed by atoms with E-state index in [9.17, 15) is 19.8 Å². The molecule has 0 aliphatic carbocycles. The molecule has 3 aromatic carbocycles. The predicted molar refractivity (Wildman–Crippen MR) is 127 cm³/mol. The fourth-order valence-electron chi connectivity index (χ4n) is 4.71. The summed E-state index contributed by atoms with van der Waals surface area (Å²) in [7, 11) is 1.43. The van der Waals surface area contributed by atoms with Crippen LogP contribution in [0.3, 0.4) is 0 Å². The second-order valence-electron chi connectivity index (χ2n) is 8.51. The van der Waals surface area contributed by atoms with Crippen molar-refractivity contribution in [2.24, 2.45) is 0 Å². The molecule has 2 N–H and O–H groups in total. The second-order valence-corrected chi connectivity index (χ2v) is 8.51. The third kappa shape index (κ3) is 3.48. The average molecular weight is 488 g/mol. The Morgan fingerprint density at radius 2 is 1.69 bits per heavy atom. The zero-order valence-electron chi connectivity index (χ0n) is 19.1. The van der Waals surface area contributed by atoms with E-state index >= 15 is 0 Å². The van der Waals surface area contributed by atoms with Crippen LogP contribution in [0.5, 0.6) is 34.5 Å². The van der Waals surface area contributed by atoms with Crippen molar-refractivity contribution in [1.82, 2.24) is 0 Å². The fourth-order valence-corrected chi connectivity index (χ4v) is 4.71. The maximum atomic E-state index is 13.1. The van der Waals surface area contributed by atoms with Crippen molar-refractivity contribution >= 4 is 16.9 Å². The number of carbonyl (C=O) groups is 1. The number of ether oxygens (including phenoxy) is 4. The number of fused-ring (bicyclic) bond motifs is 4. The van der Waals surface area contributed by atoms with Crippen LogP contribution in [0.2, 0.25) is 0 Å². The van der Waals surface area contributed by atoms with Gasteiger partial charge in [0.25, 0.3) is 0 Å². The van der Waals surface area contributed by atoms with Crippen molar-refractivity contribution in [1.29, 1.82) is 0 Å². The number of aromatic hydroxyl groups is 2. The van der Waals surface area contributed by atoms with Gasteiger partial charge < -0.3 is 33.6 Å². The van der Waals surface area contributed by atoms with Crippen molar-refractivity contribution in [2.75, 3.05) is 20.3 Å². The molecule has 1 atom stereocenters. The van der Waals surface area contributed by atoms with Crippen LogP contribution < -0.4 is 24.4 Å². The van der Waals surface area contributed by atoms with Crippen LogP contribution in [0.25, 0.3) is 22.3 Å². The number of phenolic OH excluding ortho intramolecular Hbond substituents is 2. The van der Waals surface area contributed by atoms with Crippen molar-refractivity contribution in [2.45, 2.75) is 12.3 Å². The van der Waals surface area contributed by atoms with E-state index in [0.717, 1.165) is 5.56 Å². The predicted octanol–water partition coefficient (Wildman–Crippen LogP) is 4.09. The molecule has 0 radical (unpaired) electrons. The van der Waals surface area contributed by atoms with Gasteiger partial charge in [0.15, 0.2) is 28.4 Å². The van der Waals surface area contributed by atoms with Crippen LogP contribution in [-0.4, -0.2) is 36.5 Å². The average Bonchev–Trinajstić information content (AvgIpc) is 2.87. The van der Waals surface area contributed by atoms with Gasteiger partial charge in [0.05, 0.1) is 13.5 Å². The van der Waals surface area contributed by atoms with E-state index in [1.807, 2.05) is 6.07 Å². The van der Waals surface area contributed by atoms with E-state index in [-0.39, 0.29) is 46.1 Å². The molecule has 4 aromatic rings. The molecule has 0 saturated carbocycles. The van der Waals surface area contributed by atoms with Crippen LogP contribution in [0.4, 0.5) is 0 Å². The van der Waals surface area contributed by atoms with Gasteiger partial charge in [0.1, 0.15) is 41.4 Å². The Morgan fingerprint density at radius 1 is 0.889 bits per heavy atom. The normalized spacial score (nSPS) is 16.4. The van der Waals surface area contributed by atoms with Gasteiger partial charge in [0.2, 0.25) is 0 Å². The lowest BCUT2D eigenvalue weighted by Crippen LogP contribution is -2.22. The van der Waals surface area contributed by atoms with Gasteiger partial charge in [-0.25, -0.2) is 0 Å². The number of hydrogen-bond donors (Lipinski definition) is 2. The molecule has 9 nitrogen and oxygen atoms in total. The molecule has 1 aromatic heterocycles. The molecular formula is C27H20O9. The number of methoxy groups -OCH3 is 1. The third-order valence-electron chi connectivity index (χ3n) is 6.36. The minimum atomic E-state index is -0.539. The number of esters is 1. The van der Waals surface area contributed by atoms with Gasteiger partial charge in [0, 0.05) is 29.2 Å². The van der Waals surface area contributed by atoms with E-state index in [0.29, 0.717) is 35.8 Å². The summed E-state index contributed by atoms with van der Waals surface area (Å²) < 4.78 is 28.0. The maximum absolute atomic E-state index is 13.1. The highest BCUT2D eigenvalue weighted by Crippen LogP contribution is 2.47. The summed E-state index contributed by atoms with van der Waals surface area (Å²) in [5, 5.41) is 20.8. The first kappa shape index (κ1) is 21.8. The molecule has 6 rings (SSSR count). The molecule has 0 spiro atoms. The van der Waals surface area contributed by atoms with E-state index in [1.54, 1.807) is 24.3 Å². The zero-order valence-corrected chi connectivity index (χ0v) is 19.1. The van der Waals surface area contributed by atoms with E-state index in [1.165, 1.54) is 25.3 Å². The number of phenols is 2. The lowest BCUT2D eigenvalue weighted by atomic mass is 9.85. The molecule has 2 aliphatic heterocycles. The smallest absolute Gasteiger partial charge is 0.312 e. The van der Waals surface area contributed by atoms with E-state index in [4.69, 9.17) is 23.4 Å². The van der Waals surface area contributed by atoms with Gasteiger partial charge >= 0.3 is 5.97 Å². The van der Waals surface area contributed by atoms with Gasteiger partial charge in [-0.2, -0.15) is 0 Å². The Kier molecular flexibility index (Phi) is 4.99. The summed E-state index contributed by atoms with van der Waals surface area (Å²) in [4.78, 5) is 25.6. The summed E-state index contributed by atoms with van der Waals surface area (Å²) in [6, 6.07) is 12.5. The van der Waals surface area contributed by atoms with Gasteiger partial charge in [-0.05, 0) is 35.9 Å². The SMILES string of the molecule is COc1ccc(-c2cc(=O)c3c(O)cc4c(c3o2)C(c2ccc3c(c2)OCCO3)CC(=O)O4)cc1O. The molecule has 0 fully saturated rings. The van der Waals surface area contributed by atoms with Crippen molar-refractivity contribution in [3.63, 3.8) is 0 Å². The number of benzene rings is 3. The Hall–Kier alpha value is -4.66. The van der Waals surface area contributed by atoms with Crippen molar-refractivity contribution in [3.8, 4) is 45.8 Å². The highest BCUT2D eigenvalue weighted by atomic mass is 16.6. The third-order valence-corrected chi connectivity index (χ3v) is 6.36. The van der Waals surface area contributed by atoms with E-state index < -0.39 is 17.3 Å².